The molecule has 0 radical (unpaired) electrons. The maximum Gasteiger partial charge on any atom is 0.221 e. The van der Waals surface area contributed by atoms with Gasteiger partial charge in [-0.3, -0.25) is 4.79 Å². The van der Waals surface area contributed by atoms with Crippen molar-refractivity contribution in [1.29, 1.82) is 5.26 Å². The van der Waals surface area contributed by atoms with Gasteiger partial charge in [-0.2, -0.15) is 10.4 Å². The zero-order valence-electron chi connectivity index (χ0n) is 20.5. The Morgan fingerprint density at radius 1 is 1.20 bits per heavy atom. The number of nitrogens with one attached hydrogen (secondary N) is 2. The molecule has 0 aliphatic rings. The minimum absolute atomic E-state index is 0.00989. The Labute approximate surface area is 206 Å². The first-order valence-corrected chi connectivity index (χ1v) is 11.6. The van der Waals surface area contributed by atoms with E-state index in [2.05, 4.69) is 43.5 Å². The first-order chi connectivity index (χ1) is 17.0. The molecule has 0 aliphatic carbocycles. The number of fused-ring (bicyclic) bond motifs is 1. The van der Waals surface area contributed by atoms with Crippen LogP contribution in [0.15, 0.2) is 36.8 Å². The zero-order chi connectivity index (χ0) is 25.0. The fraction of sp³-hybridized carbons (Fsp3) is 0.385. The van der Waals surface area contributed by atoms with Gasteiger partial charge in [-0.25, -0.2) is 9.50 Å². The molecular weight excluding hydrogens is 442 g/mol. The molecule has 0 aliphatic heterocycles. The minimum atomic E-state index is -0.00989. The van der Waals surface area contributed by atoms with Gasteiger partial charge in [-0.15, -0.1) is 11.8 Å². The lowest BCUT2D eigenvalue weighted by atomic mass is 10.1. The van der Waals surface area contributed by atoms with Crippen LogP contribution in [-0.4, -0.2) is 65.7 Å². The molecule has 0 atom stereocenters. The van der Waals surface area contributed by atoms with E-state index in [4.69, 9.17) is 4.74 Å². The summed E-state index contributed by atoms with van der Waals surface area (Å²) in [6, 6.07) is 7.89. The van der Waals surface area contributed by atoms with Gasteiger partial charge in [0.2, 0.25) is 5.91 Å². The Hall–Kier alpha value is -4.08. The fourth-order valence-electron chi connectivity index (χ4n) is 3.42. The van der Waals surface area contributed by atoms with Gasteiger partial charge in [0.15, 0.2) is 0 Å². The molecule has 0 fully saturated rings. The van der Waals surface area contributed by atoms with E-state index in [0.29, 0.717) is 55.2 Å². The summed E-state index contributed by atoms with van der Waals surface area (Å²) in [5, 5.41) is 19.8. The van der Waals surface area contributed by atoms with Crippen LogP contribution in [-0.2, 0) is 4.79 Å². The topological polar surface area (TPSA) is 108 Å². The van der Waals surface area contributed by atoms with Crippen LogP contribution in [0.3, 0.4) is 0 Å². The molecule has 0 bridgehead atoms. The lowest BCUT2D eigenvalue weighted by Crippen LogP contribution is -2.28. The maximum absolute atomic E-state index is 11.9. The van der Waals surface area contributed by atoms with Crippen LogP contribution >= 0.6 is 0 Å². The van der Waals surface area contributed by atoms with Crippen LogP contribution in [0.1, 0.15) is 31.7 Å². The van der Waals surface area contributed by atoms with Gasteiger partial charge >= 0.3 is 0 Å². The normalized spacial score (nSPS) is 10.5. The highest BCUT2D eigenvalue weighted by Crippen LogP contribution is 2.30. The number of ether oxygens (including phenoxy) is 1. The molecule has 0 spiro atoms. The predicted molar refractivity (Wildman–Crippen MR) is 136 cm³/mol. The summed E-state index contributed by atoms with van der Waals surface area (Å²) in [5.74, 6) is 7.47. The molecule has 0 saturated heterocycles. The average molecular weight is 474 g/mol. The van der Waals surface area contributed by atoms with E-state index >= 15 is 0 Å². The number of rotatable bonds is 11. The SMILES string of the molecule is CCOc1cc(-c2ccc(NCCNC(=O)CCC#CCCN(C)C)nc2)c2c(C#N)cnn2c1. The van der Waals surface area contributed by atoms with Gasteiger partial charge in [0, 0.05) is 56.2 Å². The molecule has 1 amide bonds. The van der Waals surface area contributed by atoms with Crippen LogP contribution in [0.4, 0.5) is 5.82 Å². The molecule has 0 unspecified atom stereocenters. The largest absolute Gasteiger partial charge is 0.492 e. The monoisotopic (exact) mass is 473 g/mol. The highest BCUT2D eigenvalue weighted by Gasteiger charge is 2.13. The van der Waals surface area contributed by atoms with Gasteiger partial charge < -0.3 is 20.3 Å². The Morgan fingerprint density at radius 2 is 2.03 bits per heavy atom. The number of nitrogens with zero attached hydrogens (tertiary/aromatic N) is 5. The number of hydrogen-bond acceptors (Lipinski definition) is 7. The number of nitriles is 1. The Kier molecular flexibility index (Phi) is 9.47. The maximum atomic E-state index is 11.9. The van der Waals surface area contributed by atoms with Gasteiger partial charge in [0.25, 0.3) is 0 Å². The highest BCUT2D eigenvalue weighted by atomic mass is 16.5. The van der Waals surface area contributed by atoms with Crippen molar-refractivity contribution in [3.05, 3.63) is 42.4 Å². The van der Waals surface area contributed by atoms with Crippen LogP contribution in [0.5, 0.6) is 5.75 Å². The number of aromatic nitrogens is 3. The van der Waals surface area contributed by atoms with E-state index in [0.717, 1.165) is 24.1 Å². The minimum Gasteiger partial charge on any atom is -0.492 e. The summed E-state index contributed by atoms with van der Waals surface area (Å²) in [7, 11) is 4.03. The quantitative estimate of drug-likeness (QED) is 0.326. The Balaban J connectivity index is 1.52. The van der Waals surface area contributed by atoms with Crippen molar-refractivity contribution in [2.45, 2.75) is 26.2 Å². The standard InChI is InChI=1S/C26H31N7O2/c1-4-35-22-15-23(26-21(16-27)18-31-33(26)19-22)20-10-11-24(30-17-20)28-12-13-29-25(34)9-7-5-6-8-14-32(2)3/h10-11,15,17-19H,4,7-9,12-14H2,1-3H3,(H,28,30)(H,29,34). The number of carbonyl (C=O) groups excluding carboxylic acids is 1. The predicted octanol–water partition coefficient (Wildman–Crippen LogP) is 2.93. The molecule has 3 rings (SSSR count). The molecule has 0 aromatic carbocycles. The van der Waals surface area contributed by atoms with Crippen molar-refractivity contribution in [3.8, 4) is 34.8 Å². The molecule has 35 heavy (non-hydrogen) atoms. The van der Waals surface area contributed by atoms with E-state index in [1.54, 1.807) is 23.1 Å². The molecule has 3 heterocycles. The van der Waals surface area contributed by atoms with E-state index in [1.165, 1.54) is 0 Å². The number of pyridine rings is 2. The Bertz CT molecular complexity index is 1230. The molecule has 9 heteroatoms. The van der Waals surface area contributed by atoms with Crippen LogP contribution in [0, 0.1) is 23.2 Å². The van der Waals surface area contributed by atoms with E-state index < -0.39 is 0 Å². The first kappa shape index (κ1) is 25.5. The number of amides is 1. The molecule has 182 valence electrons. The van der Waals surface area contributed by atoms with E-state index in [9.17, 15) is 10.1 Å². The number of hydrogen-bond donors (Lipinski definition) is 2. The fourth-order valence-corrected chi connectivity index (χ4v) is 3.42. The van der Waals surface area contributed by atoms with Crippen LogP contribution in [0.2, 0.25) is 0 Å². The first-order valence-electron chi connectivity index (χ1n) is 11.6. The van der Waals surface area contributed by atoms with Crippen molar-refractivity contribution in [2.24, 2.45) is 0 Å². The lowest BCUT2D eigenvalue weighted by molar-refractivity contribution is -0.120. The zero-order valence-corrected chi connectivity index (χ0v) is 20.5. The third-order valence-electron chi connectivity index (χ3n) is 5.13. The summed E-state index contributed by atoms with van der Waals surface area (Å²) < 4.78 is 7.31. The van der Waals surface area contributed by atoms with E-state index in [1.807, 2.05) is 39.2 Å². The molecule has 3 aromatic rings. The molecule has 2 N–H and O–H groups in total. The summed E-state index contributed by atoms with van der Waals surface area (Å²) in [4.78, 5) is 18.5. The van der Waals surface area contributed by atoms with Crippen molar-refractivity contribution in [1.82, 2.24) is 24.8 Å². The lowest BCUT2D eigenvalue weighted by Gasteiger charge is -2.11. The second kappa shape index (κ2) is 13.0. The molecular formula is C26H31N7O2. The Morgan fingerprint density at radius 3 is 2.74 bits per heavy atom. The summed E-state index contributed by atoms with van der Waals surface area (Å²) in [6.07, 6.45) is 6.83. The van der Waals surface area contributed by atoms with Crippen molar-refractivity contribution in [3.63, 3.8) is 0 Å². The second-order valence-electron chi connectivity index (χ2n) is 8.10. The average Bonchev–Trinajstić information content (AvgIpc) is 3.27. The van der Waals surface area contributed by atoms with Gasteiger partial charge in [-0.05, 0) is 39.2 Å². The van der Waals surface area contributed by atoms with Crippen molar-refractivity contribution < 1.29 is 9.53 Å². The smallest absolute Gasteiger partial charge is 0.221 e. The van der Waals surface area contributed by atoms with Gasteiger partial charge in [0.05, 0.1) is 30.1 Å². The highest BCUT2D eigenvalue weighted by molar-refractivity contribution is 5.85. The summed E-state index contributed by atoms with van der Waals surface area (Å²) in [6.45, 7) is 4.42. The second-order valence-corrected chi connectivity index (χ2v) is 8.10. The number of carbonyl (C=O) groups is 1. The van der Waals surface area contributed by atoms with Crippen LogP contribution in [0.25, 0.3) is 16.6 Å². The van der Waals surface area contributed by atoms with Gasteiger partial charge in [-0.1, -0.05) is 0 Å². The third kappa shape index (κ3) is 7.46. The third-order valence-corrected chi connectivity index (χ3v) is 5.13. The summed E-state index contributed by atoms with van der Waals surface area (Å²) in [5.41, 5.74) is 2.87. The number of anilines is 1. The molecule has 3 aromatic heterocycles. The van der Waals surface area contributed by atoms with Gasteiger partial charge in [0.1, 0.15) is 17.6 Å². The van der Waals surface area contributed by atoms with Crippen LogP contribution < -0.4 is 15.4 Å². The summed E-state index contributed by atoms with van der Waals surface area (Å²) >= 11 is 0. The van der Waals surface area contributed by atoms with Crippen molar-refractivity contribution >= 4 is 17.2 Å². The van der Waals surface area contributed by atoms with Crippen molar-refractivity contribution in [2.75, 3.05) is 45.7 Å². The van der Waals surface area contributed by atoms with E-state index in [-0.39, 0.29) is 5.91 Å². The molecule has 9 nitrogen and oxygen atoms in total. The molecule has 0 saturated carbocycles.